The van der Waals surface area contributed by atoms with Gasteiger partial charge in [-0.05, 0) is 76.2 Å². The Labute approximate surface area is 178 Å². The van der Waals surface area contributed by atoms with Gasteiger partial charge in [0.15, 0.2) is 0 Å². The van der Waals surface area contributed by atoms with E-state index in [-0.39, 0.29) is 23.9 Å². The maximum absolute atomic E-state index is 13.0. The topological polar surface area (TPSA) is 59.1 Å². The Bertz CT molecular complexity index is 790. The van der Waals surface area contributed by atoms with Crippen LogP contribution in [-0.2, 0) is 0 Å². The zero-order valence-corrected chi connectivity index (χ0v) is 18.1. The van der Waals surface area contributed by atoms with Gasteiger partial charge in [-0.3, -0.25) is 9.59 Å². The molecule has 0 aromatic heterocycles. The minimum absolute atomic E-state index is 0.0226. The van der Waals surface area contributed by atoms with E-state index in [1.54, 1.807) is 24.3 Å². The summed E-state index contributed by atoms with van der Waals surface area (Å²) in [5, 5.41) is 0. The van der Waals surface area contributed by atoms with E-state index in [0.717, 1.165) is 11.5 Å². The summed E-state index contributed by atoms with van der Waals surface area (Å²) in [4.78, 5) is 29.8. The number of nitrogens with zero attached hydrogens (tertiary/aromatic N) is 2. The second kappa shape index (κ2) is 9.65. The van der Waals surface area contributed by atoms with E-state index >= 15 is 0 Å². The van der Waals surface area contributed by atoms with E-state index in [0.29, 0.717) is 37.4 Å². The van der Waals surface area contributed by atoms with Crippen molar-refractivity contribution in [3.05, 3.63) is 59.7 Å². The van der Waals surface area contributed by atoms with E-state index in [4.69, 9.17) is 9.47 Å². The summed E-state index contributed by atoms with van der Waals surface area (Å²) >= 11 is 0. The molecule has 2 amide bonds. The summed E-state index contributed by atoms with van der Waals surface area (Å²) in [5.74, 6) is 1.46. The summed E-state index contributed by atoms with van der Waals surface area (Å²) in [5.41, 5.74) is 1.26. The fourth-order valence-electron chi connectivity index (χ4n) is 3.74. The molecule has 0 aliphatic carbocycles. The molecule has 1 heterocycles. The van der Waals surface area contributed by atoms with Crippen LogP contribution in [0.1, 0.15) is 48.4 Å². The van der Waals surface area contributed by atoms with Gasteiger partial charge >= 0.3 is 0 Å². The molecule has 30 heavy (non-hydrogen) atoms. The quantitative estimate of drug-likeness (QED) is 0.726. The number of hydrogen-bond acceptors (Lipinski definition) is 4. The minimum atomic E-state index is -0.0769. The molecule has 2 unspecified atom stereocenters. The van der Waals surface area contributed by atoms with Crippen LogP contribution in [0.3, 0.4) is 0 Å². The molecule has 6 nitrogen and oxygen atoms in total. The van der Waals surface area contributed by atoms with Crippen molar-refractivity contribution in [2.45, 2.75) is 39.8 Å². The maximum Gasteiger partial charge on any atom is 0.254 e. The lowest BCUT2D eigenvalue weighted by atomic mass is 10.0. The minimum Gasteiger partial charge on any atom is -0.494 e. The highest BCUT2D eigenvalue weighted by Crippen LogP contribution is 2.22. The van der Waals surface area contributed by atoms with E-state index in [2.05, 4.69) is 0 Å². The first-order chi connectivity index (χ1) is 14.4. The van der Waals surface area contributed by atoms with E-state index in [9.17, 15) is 9.59 Å². The summed E-state index contributed by atoms with van der Waals surface area (Å²) in [6.45, 7) is 9.99. The van der Waals surface area contributed by atoms with Gasteiger partial charge in [0, 0.05) is 36.3 Å². The van der Waals surface area contributed by atoms with Crippen molar-refractivity contribution in [2.24, 2.45) is 0 Å². The molecular formula is C24H30N2O4. The lowest BCUT2D eigenvalue weighted by molar-refractivity contribution is 0.0270. The van der Waals surface area contributed by atoms with Gasteiger partial charge in [0.2, 0.25) is 0 Å². The van der Waals surface area contributed by atoms with Crippen LogP contribution in [0, 0.1) is 0 Å². The average Bonchev–Trinajstić information content (AvgIpc) is 2.75. The fraction of sp³-hybridized carbons (Fsp3) is 0.417. The average molecular weight is 411 g/mol. The Balaban J connectivity index is 1.68. The highest BCUT2D eigenvalue weighted by molar-refractivity contribution is 5.96. The Morgan fingerprint density at radius 1 is 0.733 bits per heavy atom. The molecule has 1 fully saturated rings. The zero-order valence-electron chi connectivity index (χ0n) is 18.1. The third kappa shape index (κ3) is 4.75. The molecule has 0 spiro atoms. The number of piperazine rings is 1. The van der Waals surface area contributed by atoms with Crippen molar-refractivity contribution in [1.82, 2.24) is 9.80 Å². The summed E-state index contributed by atoms with van der Waals surface area (Å²) < 4.78 is 10.9. The van der Waals surface area contributed by atoms with Crippen molar-refractivity contribution in [2.75, 3.05) is 26.3 Å². The first-order valence-corrected chi connectivity index (χ1v) is 10.5. The number of ether oxygens (including phenoxy) is 2. The highest BCUT2D eigenvalue weighted by Gasteiger charge is 2.35. The van der Waals surface area contributed by atoms with Crippen LogP contribution in [-0.4, -0.2) is 60.0 Å². The lowest BCUT2D eigenvalue weighted by Crippen LogP contribution is -2.59. The summed E-state index contributed by atoms with van der Waals surface area (Å²) in [6.07, 6.45) is 0. The highest BCUT2D eigenvalue weighted by atomic mass is 16.5. The van der Waals surface area contributed by atoms with E-state index < -0.39 is 0 Å². The summed E-state index contributed by atoms with van der Waals surface area (Å²) in [6, 6.07) is 14.3. The van der Waals surface area contributed by atoms with Crippen molar-refractivity contribution in [1.29, 1.82) is 0 Å². The Kier molecular flexibility index (Phi) is 6.98. The van der Waals surface area contributed by atoms with Crippen molar-refractivity contribution in [3.8, 4) is 11.5 Å². The van der Waals surface area contributed by atoms with Gasteiger partial charge in [-0.15, -0.1) is 0 Å². The largest absolute Gasteiger partial charge is 0.494 e. The van der Waals surface area contributed by atoms with Gasteiger partial charge < -0.3 is 19.3 Å². The van der Waals surface area contributed by atoms with Gasteiger partial charge in [0.05, 0.1) is 13.2 Å². The molecule has 0 saturated carbocycles. The van der Waals surface area contributed by atoms with E-state index in [1.165, 1.54) is 0 Å². The third-order valence-electron chi connectivity index (χ3n) is 5.33. The molecule has 6 heteroatoms. The van der Waals surface area contributed by atoms with Gasteiger partial charge in [-0.2, -0.15) is 0 Å². The monoisotopic (exact) mass is 410 g/mol. The predicted octanol–water partition coefficient (Wildman–Crippen LogP) is 3.86. The molecule has 3 rings (SSSR count). The number of benzene rings is 2. The van der Waals surface area contributed by atoms with E-state index in [1.807, 2.05) is 61.8 Å². The molecule has 2 atom stereocenters. The van der Waals surface area contributed by atoms with Gasteiger partial charge in [0.25, 0.3) is 11.8 Å². The molecule has 0 radical (unpaired) electrons. The third-order valence-corrected chi connectivity index (χ3v) is 5.33. The van der Waals surface area contributed by atoms with Crippen LogP contribution in [0.15, 0.2) is 48.5 Å². The molecular weight excluding hydrogens is 380 g/mol. The van der Waals surface area contributed by atoms with Crippen LogP contribution in [0.5, 0.6) is 11.5 Å². The number of carbonyl (C=O) groups excluding carboxylic acids is 2. The number of hydrogen-bond donors (Lipinski definition) is 0. The Hall–Kier alpha value is -3.02. The van der Waals surface area contributed by atoms with Crippen molar-refractivity contribution < 1.29 is 19.1 Å². The SMILES string of the molecule is CCOc1ccc(C(=O)N2CC(C)N(C(=O)c3ccc(OCC)cc3)CC2C)cc1. The van der Waals surface area contributed by atoms with Crippen LogP contribution in [0.25, 0.3) is 0 Å². The first-order valence-electron chi connectivity index (χ1n) is 10.5. The number of rotatable bonds is 6. The molecule has 0 N–H and O–H groups in total. The van der Waals surface area contributed by atoms with Gasteiger partial charge in [-0.1, -0.05) is 0 Å². The number of carbonyl (C=O) groups is 2. The lowest BCUT2D eigenvalue weighted by Gasteiger charge is -2.44. The second-order valence-corrected chi connectivity index (χ2v) is 7.53. The Morgan fingerprint density at radius 2 is 1.07 bits per heavy atom. The molecule has 1 aliphatic rings. The van der Waals surface area contributed by atoms with Crippen LogP contribution in [0.2, 0.25) is 0 Å². The van der Waals surface area contributed by atoms with Crippen LogP contribution < -0.4 is 9.47 Å². The first kappa shape index (κ1) is 21.7. The van der Waals surface area contributed by atoms with Crippen LogP contribution in [0.4, 0.5) is 0 Å². The molecule has 1 aliphatic heterocycles. The molecule has 1 saturated heterocycles. The van der Waals surface area contributed by atoms with Crippen molar-refractivity contribution in [3.63, 3.8) is 0 Å². The van der Waals surface area contributed by atoms with Crippen LogP contribution >= 0.6 is 0 Å². The fourth-order valence-corrected chi connectivity index (χ4v) is 3.74. The predicted molar refractivity (Wildman–Crippen MR) is 116 cm³/mol. The standard InChI is InChI=1S/C24H30N2O4/c1-5-29-21-11-7-19(8-12-21)23(27)25-15-18(4)26(16-17(25)3)24(28)20-9-13-22(14-10-20)30-6-2/h7-14,17-18H,5-6,15-16H2,1-4H3. The Morgan fingerprint density at radius 3 is 1.37 bits per heavy atom. The number of amides is 2. The molecule has 0 bridgehead atoms. The molecule has 2 aromatic rings. The second-order valence-electron chi connectivity index (χ2n) is 7.53. The summed E-state index contributed by atoms with van der Waals surface area (Å²) in [7, 11) is 0. The normalized spacial score (nSPS) is 18.8. The van der Waals surface area contributed by atoms with Gasteiger partial charge in [0.1, 0.15) is 11.5 Å². The zero-order chi connectivity index (χ0) is 21.7. The van der Waals surface area contributed by atoms with Crippen molar-refractivity contribution >= 4 is 11.8 Å². The molecule has 160 valence electrons. The smallest absolute Gasteiger partial charge is 0.254 e. The molecule has 2 aromatic carbocycles. The maximum atomic E-state index is 13.0. The van der Waals surface area contributed by atoms with Gasteiger partial charge in [-0.25, -0.2) is 0 Å².